The van der Waals surface area contributed by atoms with Gasteiger partial charge in [-0.15, -0.1) is 0 Å². The number of aromatic nitrogens is 2. The van der Waals surface area contributed by atoms with E-state index in [4.69, 9.17) is 26.3 Å². The molecule has 34 heavy (non-hydrogen) atoms. The maximum absolute atomic E-state index is 13.7. The van der Waals surface area contributed by atoms with E-state index in [1.807, 2.05) is 24.1 Å². The van der Waals surface area contributed by atoms with E-state index in [0.29, 0.717) is 29.2 Å². The van der Waals surface area contributed by atoms with Crippen molar-refractivity contribution in [1.29, 1.82) is 0 Å². The Bertz CT molecular complexity index is 1200. The summed E-state index contributed by atoms with van der Waals surface area (Å²) < 4.78 is 19.1. The van der Waals surface area contributed by atoms with Crippen LogP contribution >= 0.6 is 11.6 Å². The first-order valence-electron chi connectivity index (χ1n) is 11.9. The zero-order chi connectivity index (χ0) is 23.8. The number of aliphatic hydroxyl groups is 1. The number of anilines is 2. The molecule has 5 rings (SSSR count). The van der Waals surface area contributed by atoms with Crippen LogP contribution in [0.5, 0.6) is 5.75 Å². The summed E-state index contributed by atoms with van der Waals surface area (Å²) in [6, 6.07) is 8.81. The van der Waals surface area contributed by atoms with Gasteiger partial charge in [-0.1, -0.05) is 17.7 Å². The molecule has 2 fully saturated rings. The van der Waals surface area contributed by atoms with Gasteiger partial charge in [0, 0.05) is 44.1 Å². The predicted octanol–water partition coefficient (Wildman–Crippen LogP) is 5.12. The number of methoxy groups -OCH3 is 1. The van der Waals surface area contributed by atoms with Gasteiger partial charge in [0.15, 0.2) is 0 Å². The highest BCUT2D eigenvalue weighted by Gasteiger charge is 2.30. The van der Waals surface area contributed by atoms with E-state index in [1.54, 1.807) is 7.11 Å². The van der Waals surface area contributed by atoms with Gasteiger partial charge in [-0.2, -0.15) is 0 Å². The first-order valence-corrected chi connectivity index (χ1v) is 12.3. The summed E-state index contributed by atoms with van der Waals surface area (Å²) in [7, 11) is 3.51. The summed E-state index contributed by atoms with van der Waals surface area (Å²) in [5.74, 6) is 2.93. The second-order valence-electron chi connectivity index (χ2n) is 9.29. The fourth-order valence-corrected chi connectivity index (χ4v) is 5.19. The minimum atomic E-state index is -0.279. The maximum Gasteiger partial charge on any atom is 0.140 e. The molecule has 1 N–H and O–H groups in total. The van der Waals surface area contributed by atoms with Crippen molar-refractivity contribution in [3.05, 3.63) is 52.6 Å². The van der Waals surface area contributed by atoms with Crippen molar-refractivity contribution >= 4 is 34.0 Å². The van der Waals surface area contributed by atoms with Gasteiger partial charge in [0.1, 0.15) is 23.2 Å². The van der Waals surface area contributed by atoms with Gasteiger partial charge in [-0.05, 0) is 55.4 Å². The van der Waals surface area contributed by atoms with Crippen molar-refractivity contribution in [3.63, 3.8) is 0 Å². The molecule has 8 heteroatoms. The summed E-state index contributed by atoms with van der Waals surface area (Å²) in [4.78, 5) is 14.2. The molecule has 6 nitrogen and oxygen atoms in total. The standard InChI is InChI=1S/C26H30ClFN4O2/c1-31(11-12-33)23-14-20-22(15-21(23)27)29-25(17-3-4-17)30-26(20)32-9-7-16(8-10-32)19-6-5-18(28)13-24(19)34-2/h5-6,13-17,33H,3-4,7-12H2,1-2H3. The number of ether oxygens (including phenoxy) is 1. The highest BCUT2D eigenvalue weighted by Crippen LogP contribution is 2.42. The third-order valence-electron chi connectivity index (χ3n) is 6.98. The topological polar surface area (TPSA) is 61.7 Å². The quantitative estimate of drug-likeness (QED) is 0.502. The van der Waals surface area contributed by atoms with Gasteiger partial charge in [-0.25, -0.2) is 14.4 Å². The highest BCUT2D eigenvalue weighted by atomic mass is 35.5. The van der Waals surface area contributed by atoms with Crippen molar-refractivity contribution in [3.8, 4) is 5.75 Å². The molecule has 1 saturated heterocycles. The summed E-state index contributed by atoms with van der Waals surface area (Å²) in [6.07, 6.45) is 4.11. The number of hydrogen-bond donors (Lipinski definition) is 1. The normalized spacial score (nSPS) is 16.8. The van der Waals surface area contributed by atoms with Crippen LogP contribution in [-0.2, 0) is 0 Å². The lowest BCUT2D eigenvalue weighted by atomic mass is 9.88. The van der Waals surface area contributed by atoms with E-state index >= 15 is 0 Å². The fourth-order valence-electron chi connectivity index (χ4n) is 4.89. The van der Waals surface area contributed by atoms with Gasteiger partial charge in [0.2, 0.25) is 0 Å². The van der Waals surface area contributed by atoms with Gasteiger partial charge in [-0.3, -0.25) is 0 Å². The molecule has 0 spiro atoms. The minimum absolute atomic E-state index is 0.0508. The van der Waals surface area contributed by atoms with E-state index in [0.717, 1.165) is 72.6 Å². The Morgan fingerprint density at radius 2 is 1.88 bits per heavy atom. The molecule has 2 aromatic carbocycles. The number of benzene rings is 2. The number of fused-ring (bicyclic) bond motifs is 1. The van der Waals surface area contributed by atoms with E-state index in [-0.39, 0.29) is 12.4 Å². The zero-order valence-corrected chi connectivity index (χ0v) is 20.4. The van der Waals surface area contributed by atoms with Gasteiger partial charge in [0.05, 0.1) is 29.9 Å². The molecule has 3 aromatic rings. The van der Waals surface area contributed by atoms with Crippen molar-refractivity contribution in [2.24, 2.45) is 0 Å². The second kappa shape index (κ2) is 9.55. The molecular formula is C26H30ClFN4O2. The third-order valence-corrected chi connectivity index (χ3v) is 7.28. The van der Waals surface area contributed by atoms with Crippen LogP contribution in [0.15, 0.2) is 30.3 Å². The average molecular weight is 485 g/mol. The number of hydrogen-bond acceptors (Lipinski definition) is 6. The lowest BCUT2D eigenvalue weighted by Crippen LogP contribution is -2.34. The van der Waals surface area contributed by atoms with Crippen LogP contribution in [0.1, 0.15) is 48.9 Å². The molecule has 1 aliphatic heterocycles. The number of nitrogens with zero attached hydrogens (tertiary/aromatic N) is 4. The maximum atomic E-state index is 13.7. The van der Waals surface area contributed by atoms with Gasteiger partial charge >= 0.3 is 0 Å². The molecule has 0 atom stereocenters. The zero-order valence-electron chi connectivity index (χ0n) is 19.6. The van der Waals surface area contributed by atoms with Crippen molar-refractivity contribution in [2.45, 2.75) is 37.5 Å². The Morgan fingerprint density at radius 1 is 1.12 bits per heavy atom. The van der Waals surface area contributed by atoms with Crippen LogP contribution in [0.4, 0.5) is 15.9 Å². The molecule has 2 heterocycles. The van der Waals surface area contributed by atoms with Crippen LogP contribution in [-0.4, -0.2) is 55.5 Å². The smallest absolute Gasteiger partial charge is 0.140 e. The predicted molar refractivity (Wildman–Crippen MR) is 134 cm³/mol. The number of halogens is 2. The Balaban J connectivity index is 1.47. The lowest BCUT2D eigenvalue weighted by Gasteiger charge is -2.34. The number of likely N-dealkylation sites (N-methyl/N-ethyl adjacent to an activating group) is 1. The summed E-state index contributed by atoms with van der Waals surface area (Å²) in [5.41, 5.74) is 2.79. The van der Waals surface area contributed by atoms with Crippen LogP contribution in [0, 0.1) is 5.82 Å². The number of rotatable bonds is 7. The highest BCUT2D eigenvalue weighted by molar-refractivity contribution is 6.34. The van der Waals surface area contributed by atoms with Crippen LogP contribution in [0.2, 0.25) is 5.02 Å². The van der Waals surface area contributed by atoms with E-state index in [1.165, 1.54) is 12.1 Å². The van der Waals surface area contributed by atoms with Crippen LogP contribution in [0.25, 0.3) is 10.9 Å². The average Bonchev–Trinajstić information content (AvgIpc) is 3.69. The Morgan fingerprint density at radius 3 is 2.56 bits per heavy atom. The van der Waals surface area contributed by atoms with Crippen molar-refractivity contribution in [1.82, 2.24) is 9.97 Å². The Labute approximate surface area is 204 Å². The molecule has 0 radical (unpaired) electrons. The van der Waals surface area contributed by atoms with Gasteiger partial charge in [0.25, 0.3) is 0 Å². The number of aliphatic hydroxyl groups excluding tert-OH is 1. The Kier molecular flexibility index (Phi) is 6.49. The van der Waals surface area contributed by atoms with Crippen molar-refractivity contribution in [2.75, 3.05) is 50.2 Å². The second-order valence-corrected chi connectivity index (χ2v) is 9.70. The Hall–Kier alpha value is -2.64. The van der Waals surface area contributed by atoms with Crippen LogP contribution in [0.3, 0.4) is 0 Å². The SMILES string of the molecule is COc1cc(F)ccc1C1CCN(c2nc(C3CC3)nc3cc(Cl)c(N(C)CCO)cc23)CC1. The first kappa shape index (κ1) is 23.1. The van der Waals surface area contributed by atoms with Crippen LogP contribution < -0.4 is 14.5 Å². The van der Waals surface area contributed by atoms with Crippen molar-refractivity contribution < 1.29 is 14.2 Å². The monoisotopic (exact) mass is 484 g/mol. The molecule has 1 aromatic heterocycles. The molecular weight excluding hydrogens is 455 g/mol. The fraction of sp³-hybridized carbons (Fsp3) is 0.462. The summed E-state index contributed by atoms with van der Waals surface area (Å²) in [6.45, 7) is 2.22. The molecule has 0 amide bonds. The molecule has 1 aliphatic carbocycles. The molecule has 2 aliphatic rings. The molecule has 0 bridgehead atoms. The molecule has 0 unspecified atom stereocenters. The molecule has 180 valence electrons. The summed E-state index contributed by atoms with van der Waals surface area (Å²) >= 11 is 6.61. The molecule has 1 saturated carbocycles. The van der Waals surface area contributed by atoms with E-state index < -0.39 is 0 Å². The minimum Gasteiger partial charge on any atom is -0.496 e. The first-order chi connectivity index (χ1) is 16.5. The largest absolute Gasteiger partial charge is 0.496 e. The lowest BCUT2D eigenvalue weighted by molar-refractivity contribution is 0.304. The van der Waals surface area contributed by atoms with E-state index in [2.05, 4.69) is 11.0 Å². The summed E-state index contributed by atoms with van der Waals surface area (Å²) in [5, 5.41) is 11.0. The third kappa shape index (κ3) is 4.51. The van der Waals surface area contributed by atoms with E-state index in [9.17, 15) is 9.50 Å². The number of piperidine rings is 1. The van der Waals surface area contributed by atoms with Gasteiger partial charge < -0.3 is 19.6 Å².